The van der Waals surface area contributed by atoms with E-state index in [1.807, 2.05) is 0 Å². The molecule has 4 aromatic heterocycles. The van der Waals surface area contributed by atoms with Crippen LogP contribution >= 0.6 is 23.2 Å². The molecule has 15 heteroatoms. The smallest absolute Gasteiger partial charge is 0.323 e. The van der Waals surface area contributed by atoms with E-state index in [-0.39, 0.29) is 28.0 Å². The van der Waals surface area contributed by atoms with Gasteiger partial charge in [-0.1, -0.05) is 41.8 Å². The Bertz CT molecular complexity index is 1890. The summed E-state index contributed by atoms with van der Waals surface area (Å²) in [6, 6.07) is 9.03. The molecule has 0 aliphatic carbocycles. The van der Waals surface area contributed by atoms with Crippen LogP contribution in [0.1, 0.15) is 44.5 Å². The van der Waals surface area contributed by atoms with Gasteiger partial charge in [0, 0.05) is 34.3 Å². The third kappa shape index (κ3) is 5.65. The predicted molar refractivity (Wildman–Crippen MR) is 155 cm³/mol. The molecular weight excluding hydrogens is 603 g/mol. The Morgan fingerprint density at radius 1 is 1.07 bits per heavy atom. The standard InChI is InChI=1S/C28H23Cl2F2N9O2/c1-15-3-2-4-23(20-9-16(7-8-33-20)26-21(36-27(15)43)12-35-41(26)28(31)32)39-14-34-19(11-25(39)42)18-10-17(29)5-6-22(18)40-13-24(30)37-38-40/h5-15,23,28H,2-4H2,1H3,(H,36,43)/t15-,23+/m0/s1. The first kappa shape index (κ1) is 28.6. The Morgan fingerprint density at radius 2 is 1.91 bits per heavy atom. The molecule has 0 saturated carbocycles. The summed E-state index contributed by atoms with van der Waals surface area (Å²) >= 11 is 12.3. The number of hydrogen-bond acceptors (Lipinski definition) is 7. The normalized spacial score (nSPS) is 17.2. The molecule has 5 aromatic rings. The molecule has 2 atom stereocenters. The number of carbonyl (C=O) groups is 1. The molecule has 0 unspecified atom stereocenters. The highest BCUT2D eigenvalue weighted by Gasteiger charge is 2.26. The van der Waals surface area contributed by atoms with Crippen molar-refractivity contribution >= 4 is 34.8 Å². The number of carbonyl (C=O) groups excluding carboxylic acids is 1. The van der Waals surface area contributed by atoms with E-state index in [0.29, 0.717) is 57.2 Å². The van der Waals surface area contributed by atoms with Gasteiger partial charge in [0.25, 0.3) is 5.56 Å². The average Bonchev–Trinajstić information content (AvgIpc) is 3.61. The number of nitrogens with one attached hydrogen (secondary N) is 1. The maximum absolute atomic E-state index is 13.9. The third-order valence-corrected chi connectivity index (χ3v) is 7.72. The van der Waals surface area contributed by atoms with E-state index in [2.05, 4.69) is 30.7 Å². The van der Waals surface area contributed by atoms with Crippen LogP contribution in [0, 0.1) is 5.92 Å². The lowest BCUT2D eigenvalue weighted by Gasteiger charge is -2.22. The first-order valence-electron chi connectivity index (χ1n) is 13.3. The molecule has 1 aromatic carbocycles. The van der Waals surface area contributed by atoms with Crippen LogP contribution in [0.5, 0.6) is 0 Å². The number of amides is 1. The highest BCUT2D eigenvalue weighted by Crippen LogP contribution is 2.35. The first-order chi connectivity index (χ1) is 20.7. The zero-order valence-electron chi connectivity index (χ0n) is 22.5. The van der Waals surface area contributed by atoms with Crippen LogP contribution in [-0.4, -0.2) is 45.2 Å². The molecule has 220 valence electrons. The van der Waals surface area contributed by atoms with Gasteiger partial charge in [-0.05, 0) is 43.2 Å². The number of aromatic nitrogens is 8. The van der Waals surface area contributed by atoms with Crippen molar-refractivity contribution in [2.75, 3.05) is 5.32 Å². The van der Waals surface area contributed by atoms with Gasteiger partial charge in [-0.25, -0.2) is 14.3 Å². The van der Waals surface area contributed by atoms with E-state index in [1.54, 1.807) is 37.3 Å². The lowest BCUT2D eigenvalue weighted by atomic mass is 9.97. The number of benzene rings is 1. The zero-order chi connectivity index (χ0) is 30.2. The number of fused-ring (bicyclic) bond motifs is 4. The number of hydrogen-bond donors (Lipinski definition) is 1. The molecular formula is C28H23Cl2F2N9O2. The molecule has 2 bridgehead atoms. The van der Waals surface area contributed by atoms with Crippen molar-refractivity contribution < 1.29 is 13.6 Å². The van der Waals surface area contributed by atoms with Crippen LogP contribution in [-0.2, 0) is 4.79 Å². The molecule has 0 fully saturated rings. The summed E-state index contributed by atoms with van der Waals surface area (Å²) < 4.78 is 31.3. The van der Waals surface area contributed by atoms with Crippen LogP contribution in [0.4, 0.5) is 14.5 Å². The number of nitrogens with zero attached hydrogens (tertiary/aromatic N) is 8. The minimum Gasteiger partial charge on any atom is -0.323 e. The third-order valence-electron chi connectivity index (χ3n) is 7.31. The lowest BCUT2D eigenvalue weighted by molar-refractivity contribution is -0.119. The van der Waals surface area contributed by atoms with Gasteiger partial charge in [-0.2, -0.15) is 13.9 Å². The molecule has 5 heterocycles. The predicted octanol–water partition coefficient (Wildman–Crippen LogP) is 5.80. The Kier molecular flexibility index (Phi) is 7.75. The molecule has 11 nitrogen and oxygen atoms in total. The molecule has 0 saturated heterocycles. The van der Waals surface area contributed by atoms with Gasteiger partial charge in [0.05, 0.1) is 53.2 Å². The van der Waals surface area contributed by atoms with Gasteiger partial charge in [-0.15, -0.1) is 5.10 Å². The van der Waals surface area contributed by atoms with Crippen LogP contribution in [0.3, 0.4) is 0 Å². The van der Waals surface area contributed by atoms with Crippen molar-refractivity contribution in [3.63, 3.8) is 0 Å². The molecule has 1 amide bonds. The number of rotatable bonds is 4. The van der Waals surface area contributed by atoms with E-state index >= 15 is 0 Å². The van der Waals surface area contributed by atoms with Crippen LogP contribution in [0.15, 0.2) is 66.1 Å². The fourth-order valence-electron chi connectivity index (χ4n) is 5.17. The van der Waals surface area contributed by atoms with Crippen molar-refractivity contribution in [3.05, 3.63) is 87.5 Å². The summed E-state index contributed by atoms with van der Waals surface area (Å²) in [5.41, 5.74) is 2.11. The summed E-state index contributed by atoms with van der Waals surface area (Å²) in [4.78, 5) is 35.6. The average molecular weight is 626 g/mol. The number of alkyl halides is 2. The molecule has 1 aliphatic rings. The minimum absolute atomic E-state index is 0.0426. The van der Waals surface area contributed by atoms with Crippen molar-refractivity contribution in [2.24, 2.45) is 5.92 Å². The van der Waals surface area contributed by atoms with Gasteiger partial charge in [-0.3, -0.25) is 19.1 Å². The number of anilines is 1. The van der Waals surface area contributed by atoms with E-state index in [1.165, 1.54) is 40.2 Å². The largest absolute Gasteiger partial charge is 0.333 e. The molecule has 1 N–H and O–H groups in total. The Morgan fingerprint density at radius 3 is 2.65 bits per heavy atom. The molecule has 1 aliphatic heterocycles. The van der Waals surface area contributed by atoms with Crippen LogP contribution in [0.25, 0.3) is 28.2 Å². The van der Waals surface area contributed by atoms with Crippen molar-refractivity contribution in [3.8, 4) is 28.2 Å². The van der Waals surface area contributed by atoms with Gasteiger partial charge < -0.3 is 5.32 Å². The highest BCUT2D eigenvalue weighted by atomic mass is 35.5. The molecule has 43 heavy (non-hydrogen) atoms. The van der Waals surface area contributed by atoms with E-state index < -0.39 is 18.5 Å². The lowest BCUT2D eigenvalue weighted by Crippen LogP contribution is -2.27. The van der Waals surface area contributed by atoms with Crippen LogP contribution in [0.2, 0.25) is 10.2 Å². The van der Waals surface area contributed by atoms with Gasteiger partial charge in [0.15, 0.2) is 5.15 Å². The van der Waals surface area contributed by atoms with E-state index in [4.69, 9.17) is 23.2 Å². The first-order valence-corrected chi connectivity index (χ1v) is 14.0. The Balaban J connectivity index is 1.45. The quantitative estimate of drug-likeness (QED) is 0.267. The number of halogens is 4. The fraction of sp³-hybridized carbons (Fsp3) is 0.250. The van der Waals surface area contributed by atoms with Crippen LogP contribution < -0.4 is 10.9 Å². The zero-order valence-corrected chi connectivity index (χ0v) is 24.0. The topological polar surface area (TPSA) is 125 Å². The Labute approximate surface area is 253 Å². The monoisotopic (exact) mass is 625 g/mol. The van der Waals surface area contributed by atoms with E-state index in [9.17, 15) is 18.4 Å². The second kappa shape index (κ2) is 11.7. The second-order valence-corrected chi connectivity index (χ2v) is 10.9. The fourth-order valence-corrected chi connectivity index (χ4v) is 5.47. The van der Waals surface area contributed by atoms with E-state index in [0.717, 1.165) is 0 Å². The van der Waals surface area contributed by atoms with Gasteiger partial charge >= 0.3 is 6.55 Å². The van der Waals surface area contributed by atoms with Gasteiger partial charge in [0.1, 0.15) is 0 Å². The summed E-state index contributed by atoms with van der Waals surface area (Å²) in [6.07, 6.45) is 7.14. The second-order valence-electron chi connectivity index (χ2n) is 10.1. The Hall–Kier alpha value is -4.49. The maximum Gasteiger partial charge on any atom is 0.333 e. The van der Waals surface area contributed by atoms with Crippen molar-refractivity contribution in [1.82, 2.24) is 39.3 Å². The molecule has 0 radical (unpaired) electrons. The number of pyridine rings is 1. The summed E-state index contributed by atoms with van der Waals surface area (Å²) in [7, 11) is 0. The summed E-state index contributed by atoms with van der Waals surface area (Å²) in [5.74, 6) is -0.728. The van der Waals surface area contributed by atoms with Crippen molar-refractivity contribution in [2.45, 2.75) is 38.8 Å². The minimum atomic E-state index is -2.94. The summed E-state index contributed by atoms with van der Waals surface area (Å²) in [6.45, 7) is -1.18. The van der Waals surface area contributed by atoms with Gasteiger partial charge in [0.2, 0.25) is 5.91 Å². The summed E-state index contributed by atoms with van der Waals surface area (Å²) in [5, 5.41) is 15.0. The maximum atomic E-state index is 13.9. The molecule has 0 spiro atoms. The highest BCUT2D eigenvalue weighted by molar-refractivity contribution is 6.31. The van der Waals surface area contributed by atoms with Crippen molar-refractivity contribution in [1.29, 1.82) is 0 Å². The molecule has 6 rings (SSSR count). The SMILES string of the molecule is C[C@H]1CCC[C@@H](n2cnc(-c3cc(Cl)ccc3-n3cc(Cl)nn3)cc2=O)c2cc(ccn2)-c2c(cnn2C(F)F)NC1=O.